The van der Waals surface area contributed by atoms with Gasteiger partial charge >= 0.3 is 5.97 Å². The van der Waals surface area contributed by atoms with Crippen molar-refractivity contribution >= 4 is 17.6 Å². The molecule has 2 N–H and O–H groups in total. The summed E-state index contributed by atoms with van der Waals surface area (Å²) in [5, 5.41) is 11.8. The van der Waals surface area contributed by atoms with Crippen LogP contribution in [0.1, 0.15) is 19.4 Å². The number of aliphatic carboxylic acids is 1. The Morgan fingerprint density at radius 2 is 1.65 bits per heavy atom. The maximum atomic E-state index is 12.0. The Labute approximate surface area is 134 Å². The van der Waals surface area contributed by atoms with Gasteiger partial charge in [0.15, 0.2) is 5.60 Å². The zero-order valence-corrected chi connectivity index (χ0v) is 13.1. The maximum Gasteiger partial charge on any atom is 0.347 e. The van der Waals surface area contributed by atoms with Crippen molar-refractivity contribution in [2.24, 2.45) is 0 Å². The lowest BCUT2D eigenvalue weighted by Gasteiger charge is -2.21. The molecule has 0 fully saturated rings. The van der Waals surface area contributed by atoms with Gasteiger partial charge in [0.05, 0.1) is 6.42 Å². The molecule has 2 aromatic rings. The average molecular weight is 313 g/mol. The fourth-order valence-electron chi connectivity index (χ4n) is 1.93. The van der Waals surface area contributed by atoms with E-state index in [1.165, 1.54) is 13.8 Å². The number of benzene rings is 2. The van der Waals surface area contributed by atoms with E-state index in [-0.39, 0.29) is 12.3 Å². The molecule has 120 valence electrons. The van der Waals surface area contributed by atoms with Crippen LogP contribution >= 0.6 is 0 Å². The van der Waals surface area contributed by atoms with Gasteiger partial charge in [-0.2, -0.15) is 0 Å². The molecule has 0 saturated heterocycles. The van der Waals surface area contributed by atoms with E-state index in [9.17, 15) is 9.59 Å². The molecule has 0 aromatic heterocycles. The number of rotatable bonds is 6. The summed E-state index contributed by atoms with van der Waals surface area (Å²) in [7, 11) is 0. The zero-order valence-electron chi connectivity index (χ0n) is 13.1. The van der Waals surface area contributed by atoms with Crippen molar-refractivity contribution in [3.8, 4) is 5.75 Å². The molecule has 0 aliphatic heterocycles. The van der Waals surface area contributed by atoms with Gasteiger partial charge < -0.3 is 15.2 Å². The molecule has 2 aromatic carbocycles. The van der Waals surface area contributed by atoms with Crippen molar-refractivity contribution in [2.75, 3.05) is 5.32 Å². The molecule has 0 heterocycles. The summed E-state index contributed by atoms with van der Waals surface area (Å²) < 4.78 is 5.42. The number of amides is 1. The molecule has 0 aliphatic rings. The first-order chi connectivity index (χ1) is 10.9. The van der Waals surface area contributed by atoms with E-state index in [1.54, 1.807) is 24.3 Å². The first kappa shape index (κ1) is 16.5. The first-order valence-electron chi connectivity index (χ1n) is 7.23. The van der Waals surface area contributed by atoms with Crippen LogP contribution in [0.4, 0.5) is 5.69 Å². The van der Waals surface area contributed by atoms with Crippen molar-refractivity contribution in [1.29, 1.82) is 0 Å². The number of ether oxygens (including phenoxy) is 1. The molecule has 23 heavy (non-hydrogen) atoms. The lowest BCUT2D eigenvalue weighted by molar-refractivity contribution is -0.152. The van der Waals surface area contributed by atoms with E-state index in [1.807, 2.05) is 30.3 Å². The van der Waals surface area contributed by atoms with Crippen LogP contribution in [0.25, 0.3) is 0 Å². The largest absolute Gasteiger partial charge is 0.478 e. The van der Waals surface area contributed by atoms with E-state index in [4.69, 9.17) is 9.84 Å². The van der Waals surface area contributed by atoms with Crippen LogP contribution in [0.2, 0.25) is 0 Å². The molecule has 0 aliphatic carbocycles. The average Bonchev–Trinajstić information content (AvgIpc) is 2.50. The Bertz CT molecular complexity index is 678. The highest BCUT2D eigenvalue weighted by molar-refractivity contribution is 5.92. The van der Waals surface area contributed by atoms with E-state index >= 15 is 0 Å². The Morgan fingerprint density at radius 3 is 2.22 bits per heavy atom. The van der Waals surface area contributed by atoms with Crippen molar-refractivity contribution in [3.63, 3.8) is 0 Å². The summed E-state index contributed by atoms with van der Waals surface area (Å²) in [6.07, 6.45) is 0.234. The van der Waals surface area contributed by atoms with Gasteiger partial charge in [0, 0.05) is 5.69 Å². The number of carboxylic acid groups (broad SMARTS) is 1. The number of para-hydroxylation sites is 1. The molecule has 5 nitrogen and oxygen atoms in total. The van der Waals surface area contributed by atoms with E-state index in [0.29, 0.717) is 5.75 Å². The third-order valence-electron chi connectivity index (χ3n) is 3.23. The standard InChI is InChI=1S/C18H19NO4/c1-18(2,17(21)22)23-15-10-8-13(9-11-15)12-16(20)19-14-6-4-3-5-7-14/h3-11H,12H2,1-2H3,(H,19,20)(H,21,22). The minimum Gasteiger partial charge on any atom is -0.478 e. The third-order valence-corrected chi connectivity index (χ3v) is 3.23. The number of hydrogen-bond acceptors (Lipinski definition) is 3. The summed E-state index contributed by atoms with van der Waals surface area (Å²) >= 11 is 0. The van der Waals surface area contributed by atoms with Crippen LogP contribution in [0.3, 0.4) is 0 Å². The molecular weight excluding hydrogens is 294 g/mol. The highest BCUT2D eigenvalue weighted by atomic mass is 16.5. The van der Waals surface area contributed by atoms with Gasteiger partial charge in [-0.05, 0) is 43.7 Å². The predicted octanol–water partition coefficient (Wildman–Crippen LogP) is 3.11. The van der Waals surface area contributed by atoms with Crippen molar-refractivity contribution < 1.29 is 19.4 Å². The number of carboxylic acids is 1. The number of hydrogen-bond donors (Lipinski definition) is 2. The molecule has 0 atom stereocenters. The van der Waals surface area contributed by atoms with Gasteiger partial charge in [-0.25, -0.2) is 4.79 Å². The lowest BCUT2D eigenvalue weighted by atomic mass is 10.1. The van der Waals surface area contributed by atoms with Crippen molar-refractivity contribution in [2.45, 2.75) is 25.9 Å². The minimum absolute atomic E-state index is 0.115. The summed E-state index contributed by atoms with van der Waals surface area (Å²) in [5.74, 6) is -0.704. The quantitative estimate of drug-likeness (QED) is 0.859. The summed E-state index contributed by atoms with van der Waals surface area (Å²) in [6, 6.07) is 16.1. The van der Waals surface area contributed by atoms with Crippen LogP contribution in [0.15, 0.2) is 54.6 Å². The zero-order chi connectivity index (χ0) is 16.9. The van der Waals surface area contributed by atoms with Gasteiger partial charge in [-0.3, -0.25) is 4.79 Å². The molecule has 1 amide bonds. The van der Waals surface area contributed by atoms with E-state index in [2.05, 4.69) is 5.32 Å². The van der Waals surface area contributed by atoms with Crippen LogP contribution in [-0.4, -0.2) is 22.6 Å². The number of carbonyl (C=O) groups excluding carboxylic acids is 1. The monoisotopic (exact) mass is 313 g/mol. The highest BCUT2D eigenvalue weighted by Gasteiger charge is 2.29. The highest BCUT2D eigenvalue weighted by Crippen LogP contribution is 2.19. The molecule has 2 rings (SSSR count). The van der Waals surface area contributed by atoms with Gasteiger partial charge in [0.2, 0.25) is 5.91 Å². The van der Waals surface area contributed by atoms with Crippen LogP contribution in [-0.2, 0) is 16.0 Å². The summed E-state index contributed by atoms with van der Waals surface area (Å²) in [6.45, 7) is 2.97. The maximum absolute atomic E-state index is 12.0. The van der Waals surface area contributed by atoms with Gasteiger partial charge in [-0.1, -0.05) is 30.3 Å². The number of anilines is 1. The van der Waals surface area contributed by atoms with E-state index < -0.39 is 11.6 Å². The second kappa shape index (κ2) is 6.96. The molecular formula is C18H19NO4. The Hall–Kier alpha value is -2.82. The van der Waals surface area contributed by atoms with Gasteiger partial charge in [-0.15, -0.1) is 0 Å². The van der Waals surface area contributed by atoms with Gasteiger partial charge in [0.1, 0.15) is 5.75 Å². The normalized spacial score (nSPS) is 10.9. The topological polar surface area (TPSA) is 75.6 Å². The van der Waals surface area contributed by atoms with E-state index in [0.717, 1.165) is 11.3 Å². The smallest absolute Gasteiger partial charge is 0.347 e. The number of carbonyl (C=O) groups is 2. The molecule has 0 radical (unpaired) electrons. The summed E-state index contributed by atoms with van der Waals surface area (Å²) in [4.78, 5) is 23.0. The Balaban J connectivity index is 1.95. The first-order valence-corrected chi connectivity index (χ1v) is 7.23. The third kappa shape index (κ3) is 4.85. The predicted molar refractivity (Wildman–Crippen MR) is 87.6 cm³/mol. The lowest BCUT2D eigenvalue weighted by Crippen LogP contribution is -2.37. The number of nitrogens with one attached hydrogen (secondary N) is 1. The van der Waals surface area contributed by atoms with Crippen LogP contribution in [0.5, 0.6) is 5.75 Å². The molecule has 0 unspecified atom stereocenters. The minimum atomic E-state index is -1.30. The SMILES string of the molecule is CC(C)(Oc1ccc(CC(=O)Nc2ccccc2)cc1)C(=O)O. The molecule has 0 spiro atoms. The van der Waals surface area contributed by atoms with Crippen LogP contribution < -0.4 is 10.1 Å². The molecule has 5 heteroatoms. The fraction of sp³-hybridized carbons (Fsp3) is 0.222. The second-order valence-electron chi connectivity index (χ2n) is 5.65. The fourth-order valence-corrected chi connectivity index (χ4v) is 1.93. The Morgan fingerprint density at radius 1 is 1.04 bits per heavy atom. The molecule has 0 saturated carbocycles. The van der Waals surface area contributed by atoms with Crippen molar-refractivity contribution in [3.05, 3.63) is 60.2 Å². The van der Waals surface area contributed by atoms with Crippen LogP contribution in [0, 0.1) is 0 Å². The second-order valence-corrected chi connectivity index (χ2v) is 5.65. The molecule has 0 bridgehead atoms. The Kier molecular flexibility index (Phi) is 5.01. The van der Waals surface area contributed by atoms with Crippen molar-refractivity contribution in [1.82, 2.24) is 0 Å². The summed E-state index contributed by atoms with van der Waals surface area (Å²) in [5.41, 5.74) is 0.270. The van der Waals surface area contributed by atoms with Gasteiger partial charge in [0.25, 0.3) is 0 Å².